The van der Waals surface area contributed by atoms with Crippen molar-refractivity contribution in [3.8, 4) is 6.07 Å². The fourth-order valence-electron chi connectivity index (χ4n) is 3.27. The number of benzene rings is 2. The van der Waals surface area contributed by atoms with Crippen LogP contribution in [0.15, 0.2) is 42.5 Å². The molecule has 0 bridgehead atoms. The largest absolute Gasteiger partial charge is 0.198 e. The van der Waals surface area contributed by atoms with E-state index in [0.717, 1.165) is 6.42 Å². The lowest BCUT2D eigenvalue weighted by molar-refractivity contribution is 0.587. The maximum atomic E-state index is 9.25. The Balaban J connectivity index is 2.15. The van der Waals surface area contributed by atoms with Crippen molar-refractivity contribution < 1.29 is 0 Å². The van der Waals surface area contributed by atoms with E-state index in [2.05, 4.69) is 69.3 Å². The van der Waals surface area contributed by atoms with E-state index in [1.54, 1.807) is 0 Å². The van der Waals surface area contributed by atoms with Crippen molar-refractivity contribution in [3.05, 3.63) is 70.3 Å². The number of hydrogen-bond acceptors (Lipinski definition) is 1. The monoisotopic (exact) mass is 275 g/mol. The Hall–Kier alpha value is -2.07. The second-order valence-corrected chi connectivity index (χ2v) is 6.95. The van der Waals surface area contributed by atoms with E-state index in [0.29, 0.717) is 6.42 Å². The van der Waals surface area contributed by atoms with Gasteiger partial charge in [0.1, 0.15) is 0 Å². The predicted octanol–water partition coefficient (Wildman–Crippen LogP) is 4.93. The maximum Gasteiger partial charge on any atom is 0.0631 e. The van der Waals surface area contributed by atoms with Crippen LogP contribution in [0.2, 0.25) is 0 Å². The molecule has 0 saturated heterocycles. The van der Waals surface area contributed by atoms with Gasteiger partial charge in [-0.3, -0.25) is 0 Å². The van der Waals surface area contributed by atoms with Crippen LogP contribution < -0.4 is 0 Å². The van der Waals surface area contributed by atoms with E-state index in [9.17, 15) is 5.26 Å². The first-order valence-electron chi connectivity index (χ1n) is 7.59. The zero-order valence-electron chi connectivity index (χ0n) is 13.0. The molecule has 0 saturated carbocycles. The van der Waals surface area contributed by atoms with Crippen molar-refractivity contribution in [3.63, 3.8) is 0 Å². The Bertz CT molecular complexity index is 713. The van der Waals surface area contributed by atoms with Crippen LogP contribution in [0.3, 0.4) is 0 Å². The Morgan fingerprint density at radius 3 is 2.48 bits per heavy atom. The van der Waals surface area contributed by atoms with Crippen molar-refractivity contribution in [2.24, 2.45) is 0 Å². The molecule has 1 nitrogen and oxygen atoms in total. The van der Waals surface area contributed by atoms with E-state index in [1.165, 1.54) is 27.8 Å². The van der Waals surface area contributed by atoms with Crippen LogP contribution in [-0.4, -0.2) is 0 Å². The van der Waals surface area contributed by atoms with Crippen molar-refractivity contribution in [2.75, 3.05) is 0 Å². The first kappa shape index (κ1) is 13.9. The summed E-state index contributed by atoms with van der Waals surface area (Å²) in [5.41, 5.74) is 6.92. The minimum absolute atomic E-state index is 0.142. The molecule has 2 aromatic rings. The van der Waals surface area contributed by atoms with Gasteiger partial charge >= 0.3 is 0 Å². The van der Waals surface area contributed by atoms with E-state index in [4.69, 9.17) is 0 Å². The Morgan fingerprint density at radius 2 is 1.76 bits per heavy atom. The van der Waals surface area contributed by atoms with Crippen LogP contribution in [0.25, 0.3) is 0 Å². The maximum absolute atomic E-state index is 9.25. The molecule has 0 aliphatic heterocycles. The number of nitrogens with zero attached hydrogens (tertiary/aromatic N) is 1. The number of nitriles is 1. The smallest absolute Gasteiger partial charge is 0.0631 e. The third-order valence-corrected chi connectivity index (χ3v) is 4.49. The Labute approximate surface area is 127 Å². The number of fused-ring (bicyclic) bond motifs is 2. The molecule has 1 aliphatic rings. The second-order valence-electron chi connectivity index (χ2n) is 6.95. The summed E-state index contributed by atoms with van der Waals surface area (Å²) in [7, 11) is 0. The van der Waals surface area contributed by atoms with Gasteiger partial charge in [0.05, 0.1) is 6.07 Å². The molecule has 0 spiro atoms. The summed E-state index contributed by atoms with van der Waals surface area (Å²) in [6, 6.07) is 17.8. The van der Waals surface area contributed by atoms with Crippen LogP contribution >= 0.6 is 0 Å². The lowest BCUT2D eigenvalue weighted by atomic mass is 9.74. The molecule has 0 radical (unpaired) electrons. The summed E-state index contributed by atoms with van der Waals surface area (Å²) in [5.74, 6) is 0.220. The van der Waals surface area contributed by atoms with Crippen LogP contribution in [-0.2, 0) is 11.8 Å². The average Bonchev–Trinajstić information content (AvgIpc) is 2.45. The minimum atomic E-state index is 0.142. The highest BCUT2D eigenvalue weighted by Gasteiger charge is 2.26. The molecular weight excluding hydrogens is 254 g/mol. The third kappa shape index (κ3) is 2.47. The molecule has 0 heterocycles. The van der Waals surface area contributed by atoms with E-state index >= 15 is 0 Å². The van der Waals surface area contributed by atoms with Gasteiger partial charge in [0.2, 0.25) is 0 Å². The molecule has 106 valence electrons. The first-order valence-corrected chi connectivity index (χ1v) is 7.59. The van der Waals surface area contributed by atoms with Crippen LogP contribution in [0.4, 0.5) is 0 Å². The van der Waals surface area contributed by atoms with E-state index in [-0.39, 0.29) is 11.3 Å². The molecule has 0 aromatic heterocycles. The van der Waals surface area contributed by atoms with Crippen LogP contribution in [0.1, 0.15) is 60.9 Å². The van der Waals surface area contributed by atoms with E-state index in [1.807, 2.05) is 0 Å². The lowest BCUT2D eigenvalue weighted by Crippen LogP contribution is -2.17. The van der Waals surface area contributed by atoms with Crippen molar-refractivity contribution in [1.82, 2.24) is 0 Å². The van der Waals surface area contributed by atoms with Crippen LogP contribution in [0, 0.1) is 11.3 Å². The number of hydrogen-bond donors (Lipinski definition) is 0. The zero-order chi connectivity index (χ0) is 15.0. The summed E-state index contributed by atoms with van der Waals surface area (Å²) >= 11 is 0. The minimum Gasteiger partial charge on any atom is -0.198 e. The van der Waals surface area contributed by atoms with Gasteiger partial charge in [-0.05, 0) is 39.7 Å². The Morgan fingerprint density at radius 1 is 1.05 bits per heavy atom. The van der Waals surface area contributed by atoms with Crippen LogP contribution in [0.5, 0.6) is 0 Å². The van der Waals surface area contributed by atoms with Gasteiger partial charge in [0.15, 0.2) is 0 Å². The van der Waals surface area contributed by atoms with Gasteiger partial charge in [-0.1, -0.05) is 63.2 Å². The topological polar surface area (TPSA) is 23.8 Å². The van der Waals surface area contributed by atoms with Crippen molar-refractivity contribution in [2.45, 2.75) is 44.9 Å². The molecule has 3 rings (SSSR count). The summed E-state index contributed by atoms with van der Waals surface area (Å²) in [4.78, 5) is 0. The molecule has 21 heavy (non-hydrogen) atoms. The molecule has 1 heteroatoms. The van der Waals surface area contributed by atoms with Gasteiger partial charge in [-0.2, -0.15) is 5.26 Å². The fraction of sp³-hybridized carbons (Fsp3) is 0.350. The van der Waals surface area contributed by atoms with Crippen molar-refractivity contribution in [1.29, 1.82) is 5.26 Å². The third-order valence-electron chi connectivity index (χ3n) is 4.49. The highest BCUT2D eigenvalue weighted by molar-refractivity contribution is 5.51. The molecule has 0 N–H and O–H groups in total. The molecule has 2 aromatic carbocycles. The standard InChI is InChI=1S/C20H21N/c1-20(2,3)16-9-8-15-12-14-6-4-5-7-17(14)18(10-11-21)19(15)13-16/h4-9,13,18H,10,12H2,1-3H3/t18-/m1/s1. The normalized spacial score (nSPS) is 16.8. The lowest BCUT2D eigenvalue weighted by Gasteiger charge is -2.29. The molecule has 1 aliphatic carbocycles. The predicted molar refractivity (Wildman–Crippen MR) is 86.5 cm³/mol. The highest BCUT2D eigenvalue weighted by atomic mass is 14.3. The summed E-state index contributed by atoms with van der Waals surface area (Å²) in [6.45, 7) is 6.72. The molecule has 0 unspecified atom stereocenters. The van der Waals surface area contributed by atoms with Crippen molar-refractivity contribution >= 4 is 0 Å². The van der Waals surface area contributed by atoms with Gasteiger partial charge < -0.3 is 0 Å². The molecular formula is C20H21N. The Kier molecular flexibility index (Phi) is 3.33. The first-order chi connectivity index (χ1) is 10.0. The SMILES string of the molecule is CC(C)(C)c1ccc2c(c1)[C@H](CC#N)c1ccccc1C2. The van der Waals surface area contributed by atoms with Gasteiger partial charge in [0, 0.05) is 12.3 Å². The zero-order valence-corrected chi connectivity index (χ0v) is 13.0. The average molecular weight is 275 g/mol. The van der Waals surface area contributed by atoms with Gasteiger partial charge in [-0.15, -0.1) is 0 Å². The van der Waals surface area contributed by atoms with Gasteiger partial charge in [-0.25, -0.2) is 0 Å². The quantitative estimate of drug-likeness (QED) is 0.723. The highest BCUT2D eigenvalue weighted by Crippen LogP contribution is 2.40. The molecule has 0 amide bonds. The summed E-state index contributed by atoms with van der Waals surface area (Å²) < 4.78 is 0. The number of rotatable bonds is 1. The summed E-state index contributed by atoms with van der Waals surface area (Å²) in [6.07, 6.45) is 1.54. The van der Waals surface area contributed by atoms with E-state index < -0.39 is 0 Å². The molecule has 0 fully saturated rings. The molecule has 1 atom stereocenters. The fourth-order valence-corrected chi connectivity index (χ4v) is 3.27. The van der Waals surface area contributed by atoms with Gasteiger partial charge in [0.25, 0.3) is 0 Å². The second kappa shape index (κ2) is 5.04. The summed E-state index contributed by atoms with van der Waals surface area (Å²) in [5, 5.41) is 9.25.